The number of amides is 1. The third-order valence-electron chi connectivity index (χ3n) is 5.74. The molecule has 0 aliphatic heterocycles. The summed E-state index contributed by atoms with van der Waals surface area (Å²) in [5, 5.41) is 3.56. The lowest BCUT2D eigenvalue weighted by atomic mass is 9.74. The number of hydrogen-bond donors (Lipinski definition) is 1. The van der Waals surface area contributed by atoms with Crippen molar-refractivity contribution in [3.8, 4) is 0 Å². The summed E-state index contributed by atoms with van der Waals surface area (Å²) in [6.07, 6.45) is 2.50. The summed E-state index contributed by atoms with van der Waals surface area (Å²) in [4.78, 5) is 39.6. The maximum Gasteiger partial charge on any atom is 0.413 e. The average molecular weight is 489 g/mol. The number of carbonyl (C=O) groups is 3. The molecule has 1 aromatic carbocycles. The van der Waals surface area contributed by atoms with E-state index in [1.54, 1.807) is 24.3 Å². The van der Waals surface area contributed by atoms with Gasteiger partial charge in [-0.15, -0.1) is 12.4 Å². The van der Waals surface area contributed by atoms with Gasteiger partial charge in [0.1, 0.15) is 11.6 Å². The second-order valence-corrected chi connectivity index (χ2v) is 8.60. The Labute approximate surface area is 201 Å². The standard InChI is InChI=1S/C23H33ClN2O5.ClH/c1-5-14-25-20(16(2)3)21(28)30-15-31-22(29)26(4)23(13-9-8-12-19(23)27)17-10-6-7-11-18(17)24;/h6-7,10-11,16,20,25H,5,8-9,12-15H2,1-4H3;1H/t20?,23-;/m0./s1. The first-order chi connectivity index (χ1) is 14.8. The maximum absolute atomic E-state index is 13.1. The highest BCUT2D eigenvalue weighted by molar-refractivity contribution is 6.31. The number of ketones is 1. The molecule has 32 heavy (non-hydrogen) atoms. The largest absolute Gasteiger partial charge is 0.427 e. The SMILES string of the molecule is CCCNC(C(=O)OCOC(=O)N(C)[C@]1(c2ccccc2Cl)CCCCC1=O)C(C)C.Cl. The number of esters is 1. The molecule has 1 aliphatic rings. The van der Waals surface area contributed by atoms with Crippen LogP contribution in [-0.2, 0) is 24.6 Å². The number of benzene rings is 1. The number of rotatable bonds is 9. The van der Waals surface area contributed by atoms with Crippen molar-refractivity contribution in [2.24, 2.45) is 5.92 Å². The van der Waals surface area contributed by atoms with E-state index in [2.05, 4.69) is 5.32 Å². The van der Waals surface area contributed by atoms with Gasteiger partial charge in [-0.05, 0) is 44.2 Å². The van der Waals surface area contributed by atoms with E-state index in [0.717, 1.165) is 19.3 Å². The highest BCUT2D eigenvalue weighted by atomic mass is 35.5. The van der Waals surface area contributed by atoms with Crippen molar-refractivity contribution in [3.05, 3.63) is 34.9 Å². The molecule has 0 heterocycles. The predicted octanol–water partition coefficient (Wildman–Crippen LogP) is 4.69. The van der Waals surface area contributed by atoms with E-state index in [0.29, 0.717) is 30.0 Å². The number of nitrogens with zero attached hydrogens (tertiary/aromatic N) is 1. The van der Waals surface area contributed by atoms with E-state index < -0.39 is 30.4 Å². The van der Waals surface area contributed by atoms with Crippen LogP contribution in [0.15, 0.2) is 24.3 Å². The topological polar surface area (TPSA) is 84.9 Å². The Morgan fingerprint density at radius 2 is 1.91 bits per heavy atom. The van der Waals surface area contributed by atoms with Gasteiger partial charge in [-0.2, -0.15) is 0 Å². The Morgan fingerprint density at radius 3 is 2.50 bits per heavy atom. The molecule has 1 amide bonds. The number of halogens is 2. The molecule has 1 N–H and O–H groups in total. The van der Waals surface area contributed by atoms with Gasteiger partial charge in [0.2, 0.25) is 6.79 Å². The van der Waals surface area contributed by atoms with Crippen LogP contribution in [-0.4, -0.2) is 49.2 Å². The first-order valence-corrected chi connectivity index (χ1v) is 11.2. The smallest absolute Gasteiger partial charge is 0.413 e. The summed E-state index contributed by atoms with van der Waals surface area (Å²) in [7, 11) is 1.52. The number of Topliss-reactive ketones (excluding diaryl/α,β-unsaturated/α-hetero) is 1. The number of ether oxygens (including phenoxy) is 2. The average Bonchev–Trinajstić information content (AvgIpc) is 2.74. The molecule has 0 aromatic heterocycles. The van der Waals surface area contributed by atoms with Gasteiger partial charge < -0.3 is 14.8 Å². The van der Waals surface area contributed by atoms with Crippen LogP contribution in [0.1, 0.15) is 58.4 Å². The molecule has 1 aromatic rings. The minimum Gasteiger partial charge on any atom is -0.427 e. The summed E-state index contributed by atoms with van der Waals surface area (Å²) in [5.41, 5.74) is -0.609. The highest BCUT2D eigenvalue weighted by Crippen LogP contribution is 2.42. The first kappa shape index (κ1) is 28.2. The molecule has 0 spiro atoms. The van der Waals surface area contributed by atoms with Crippen molar-refractivity contribution in [2.45, 2.75) is 64.5 Å². The Morgan fingerprint density at radius 1 is 1.22 bits per heavy atom. The zero-order valence-electron chi connectivity index (χ0n) is 19.2. The van der Waals surface area contributed by atoms with Crippen LogP contribution in [0.2, 0.25) is 5.02 Å². The fourth-order valence-electron chi connectivity index (χ4n) is 4.00. The van der Waals surface area contributed by atoms with Crippen LogP contribution < -0.4 is 5.32 Å². The molecule has 9 heteroatoms. The van der Waals surface area contributed by atoms with E-state index in [-0.39, 0.29) is 24.1 Å². The van der Waals surface area contributed by atoms with Crippen molar-refractivity contribution in [1.29, 1.82) is 0 Å². The fourth-order valence-corrected chi connectivity index (χ4v) is 4.29. The summed E-state index contributed by atoms with van der Waals surface area (Å²) in [5.74, 6) is -0.527. The zero-order chi connectivity index (χ0) is 23.0. The minimum absolute atomic E-state index is 0. The third-order valence-corrected chi connectivity index (χ3v) is 6.07. The fraction of sp³-hybridized carbons (Fsp3) is 0.609. The molecule has 1 fully saturated rings. The summed E-state index contributed by atoms with van der Waals surface area (Å²) in [6, 6.07) is 6.56. The Hall–Kier alpha value is -1.83. The molecule has 1 aliphatic carbocycles. The van der Waals surface area contributed by atoms with Gasteiger partial charge in [-0.1, -0.05) is 50.6 Å². The van der Waals surface area contributed by atoms with Gasteiger partial charge in [0.15, 0.2) is 5.78 Å². The lowest BCUT2D eigenvalue weighted by molar-refractivity contribution is -0.157. The van der Waals surface area contributed by atoms with E-state index >= 15 is 0 Å². The number of carbonyl (C=O) groups excluding carboxylic acids is 3. The second kappa shape index (κ2) is 13.0. The van der Waals surface area contributed by atoms with Gasteiger partial charge in [0, 0.05) is 24.1 Å². The summed E-state index contributed by atoms with van der Waals surface area (Å²) >= 11 is 6.41. The molecule has 0 saturated heterocycles. The van der Waals surface area contributed by atoms with E-state index in [1.807, 2.05) is 20.8 Å². The maximum atomic E-state index is 13.1. The molecule has 180 valence electrons. The quantitative estimate of drug-likeness (QED) is 0.400. The molecular formula is C23H34Cl2N2O5. The van der Waals surface area contributed by atoms with Crippen LogP contribution >= 0.6 is 24.0 Å². The monoisotopic (exact) mass is 488 g/mol. The minimum atomic E-state index is -1.19. The number of likely N-dealkylation sites (N-methyl/N-ethyl adjacent to an activating group) is 1. The van der Waals surface area contributed by atoms with Crippen LogP contribution in [0, 0.1) is 5.92 Å². The number of nitrogens with one attached hydrogen (secondary N) is 1. The molecule has 2 atom stereocenters. The van der Waals surface area contributed by atoms with Crippen LogP contribution in [0.5, 0.6) is 0 Å². The first-order valence-electron chi connectivity index (χ1n) is 10.8. The van der Waals surface area contributed by atoms with Gasteiger partial charge in [-0.3, -0.25) is 14.5 Å². The molecule has 0 bridgehead atoms. The lowest BCUT2D eigenvalue weighted by Gasteiger charge is -2.43. The Balaban J connectivity index is 0.00000512. The van der Waals surface area contributed by atoms with Crippen molar-refractivity contribution in [1.82, 2.24) is 10.2 Å². The molecule has 1 saturated carbocycles. The van der Waals surface area contributed by atoms with E-state index in [4.69, 9.17) is 21.1 Å². The van der Waals surface area contributed by atoms with Gasteiger partial charge in [0.05, 0.1) is 0 Å². The van der Waals surface area contributed by atoms with Gasteiger partial charge in [-0.25, -0.2) is 4.79 Å². The Kier molecular flexibility index (Phi) is 11.5. The van der Waals surface area contributed by atoms with E-state index in [9.17, 15) is 14.4 Å². The Bertz CT molecular complexity index is 789. The molecule has 1 unspecified atom stereocenters. The summed E-state index contributed by atoms with van der Waals surface area (Å²) in [6.45, 7) is 6.00. The lowest BCUT2D eigenvalue weighted by Crippen LogP contribution is -2.54. The zero-order valence-corrected chi connectivity index (χ0v) is 20.8. The normalized spacial score (nSPS) is 19.1. The molecule has 0 radical (unpaired) electrons. The highest BCUT2D eigenvalue weighted by Gasteiger charge is 2.48. The van der Waals surface area contributed by atoms with Crippen LogP contribution in [0.25, 0.3) is 0 Å². The van der Waals surface area contributed by atoms with Crippen molar-refractivity contribution >= 4 is 41.9 Å². The van der Waals surface area contributed by atoms with Crippen LogP contribution in [0.3, 0.4) is 0 Å². The molecular weight excluding hydrogens is 455 g/mol. The predicted molar refractivity (Wildman–Crippen MR) is 126 cm³/mol. The number of hydrogen-bond acceptors (Lipinski definition) is 6. The third kappa shape index (κ3) is 6.36. The van der Waals surface area contributed by atoms with Gasteiger partial charge >= 0.3 is 12.1 Å². The van der Waals surface area contributed by atoms with Crippen LogP contribution in [0.4, 0.5) is 4.79 Å². The second-order valence-electron chi connectivity index (χ2n) is 8.20. The van der Waals surface area contributed by atoms with E-state index in [1.165, 1.54) is 11.9 Å². The summed E-state index contributed by atoms with van der Waals surface area (Å²) < 4.78 is 10.4. The van der Waals surface area contributed by atoms with Crippen molar-refractivity contribution < 1.29 is 23.9 Å². The van der Waals surface area contributed by atoms with Crippen molar-refractivity contribution in [2.75, 3.05) is 20.4 Å². The van der Waals surface area contributed by atoms with Crippen molar-refractivity contribution in [3.63, 3.8) is 0 Å². The molecule has 2 rings (SSSR count). The molecule has 7 nitrogen and oxygen atoms in total. The van der Waals surface area contributed by atoms with Gasteiger partial charge in [0.25, 0.3) is 0 Å².